The smallest absolute Gasteiger partial charge is 0.374 e. The van der Waals surface area contributed by atoms with Crippen LogP contribution in [0.1, 0.15) is 19.8 Å². The van der Waals surface area contributed by atoms with E-state index >= 15 is 0 Å². The van der Waals surface area contributed by atoms with Crippen LogP contribution in [0.15, 0.2) is 0 Å². The highest BCUT2D eigenvalue weighted by atomic mass is 19.3. The van der Waals surface area contributed by atoms with E-state index in [1.807, 2.05) is 6.92 Å². The predicted octanol–water partition coefficient (Wildman–Crippen LogP) is 1.59. The van der Waals surface area contributed by atoms with Crippen molar-refractivity contribution in [1.29, 1.82) is 0 Å². The van der Waals surface area contributed by atoms with Crippen LogP contribution >= 0.6 is 0 Å². The molecule has 0 N–H and O–H groups in total. The summed E-state index contributed by atoms with van der Waals surface area (Å²) in [7, 11) is 0. The quantitative estimate of drug-likeness (QED) is 0.579. The van der Waals surface area contributed by atoms with Gasteiger partial charge >= 0.3 is 12.4 Å². The zero-order valence-corrected chi connectivity index (χ0v) is 6.22. The summed E-state index contributed by atoms with van der Waals surface area (Å²) in [6, 6.07) is 0. The highest BCUT2D eigenvalue weighted by Gasteiger charge is 2.31. The first-order valence-electron chi connectivity index (χ1n) is 3.58. The Balaban J connectivity index is 2.17. The first-order valence-corrected chi connectivity index (χ1v) is 3.58. The molecule has 0 aliphatic heterocycles. The number of ether oxygens (including phenoxy) is 1. The molecule has 64 valence electrons. The van der Waals surface area contributed by atoms with Gasteiger partial charge in [-0.3, -0.25) is 0 Å². The summed E-state index contributed by atoms with van der Waals surface area (Å²) in [6.45, 7) is 1.99. The summed E-state index contributed by atoms with van der Waals surface area (Å²) < 4.78 is 27.6. The molecule has 0 aromatic carbocycles. The number of hydrogen-bond donors (Lipinski definition) is 0. The molecular formula is C7H10F2O2. The van der Waals surface area contributed by atoms with Crippen molar-refractivity contribution in [3.8, 4) is 0 Å². The van der Waals surface area contributed by atoms with Gasteiger partial charge in [0.2, 0.25) is 0 Å². The number of halogens is 2. The number of esters is 1. The van der Waals surface area contributed by atoms with E-state index in [9.17, 15) is 13.6 Å². The number of carbonyl (C=O) groups excluding carboxylic acids is 1. The van der Waals surface area contributed by atoms with Crippen molar-refractivity contribution >= 4 is 5.97 Å². The normalized spacial score (nSPS) is 29.8. The first kappa shape index (κ1) is 8.43. The molecule has 1 fully saturated rings. The van der Waals surface area contributed by atoms with E-state index in [1.165, 1.54) is 0 Å². The fourth-order valence-corrected chi connectivity index (χ4v) is 1.14. The molecule has 0 radical (unpaired) electrons. The van der Waals surface area contributed by atoms with Crippen molar-refractivity contribution in [3.05, 3.63) is 0 Å². The Hall–Kier alpha value is -0.670. The van der Waals surface area contributed by atoms with Gasteiger partial charge in [-0.25, -0.2) is 4.79 Å². The van der Waals surface area contributed by atoms with Gasteiger partial charge in [0.15, 0.2) is 0 Å². The topological polar surface area (TPSA) is 26.3 Å². The molecule has 0 amide bonds. The lowest BCUT2D eigenvalue weighted by atomic mass is 9.84. The summed E-state index contributed by atoms with van der Waals surface area (Å²) >= 11 is 0. The Morgan fingerprint density at radius 2 is 2.09 bits per heavy atom. The highest BCUT2D eigenvalue weighted by Crippen LogP contribution is 2.29. The second-order valence-corrected chi connectivity index (χ2v) is 2.94. The average Bonchev–Trinajstić information content (AvgIpc) is 1.84. The standard InChI is InChI=1S/C7H10F2O2/c1-4-2-5(3-4)11-7(10)6(8)9/h4-6H,2-3H2,1H3. The number of rotatable bonds is 2. The SMILES string of the molecule is CC1CC(OC(=O)C(F)F)C1. The molecule has 0 unspecified atom stereocenters. The van der Waals surface area contributed by atoms with Crippen molar-refractivity contribution in [2.75, 3.05) is 0 Å². The molecule has 1 aliphatic rings. The summed E-state index contributed by atoms with van der Waals surface area (Å²) in [4.78, 5) is 10.3. The van der Waals surface area contributed by atoms with Crippen molar-refractivity contribution in [1.82, 2.24) is 0 Å². The van der Waals surface area contributed by atoms with E-state index < -0.39 is 12.4 Å². The number of hydrogen-bond acceptors (Lipinski definition) is 2. The zero-order valence-electron chi connectivity index (χ0n) is 6.22. The maximum atomic E-state index is 11.6. The summed E-state index contributed by atoms with van der Waals surface area (Å²) in [6.07, 6.45) is -1.80. The van der Waals surface area contributed by atoms with Gasteiger partial charge in [-0.2, -0.15) is 8.78 Å². The van der Waals surface area contributed by atoms with Gasteiger partial charge in [-0.1, -0.05) is 6.92 Å². The van der Waals surface area contributed by atoms with Crippen LogP contribution in [0.4, 0.5) is 8.78 Å². The molecule has 1 aliphatic carbocycles. The Labute approximate surface area is 63.5 Å². The highest BCUT2D eigenvalue weighted by molar-refractivity contribution is 5.73. The van der Waals surface area contributed by atoms with Crippen LogP contribution in [-0.4, -0.2) is 18.5 Å². The molecule has 0 spiro atoms. The Bertz CT molecular complexity index is 153. The maximum Gasteiger partial charge on any atom is 0.374 e. The van der Waals surface area contributed by atoms with Crippen molar-refractivity contribution in [3.63, 3.8) is 0 Å². The van der Waals surface area contributed by atoms with E-state index in [0.717, 1.165) is 12.8 Å². The van der Waals surface area contributed by atoms with E-state index in [2.05, 4.69) is 4.74 Å². The monoisotopic (exact) mass is 164 g/mol. The molecule has 0 aromatic heterocycles. The zero-order chi connectivity index (χ0) is 8.43. The molecule has 1 saturated carbocycles. The van der Waals surface area contributed by atoms with Gasteiger partial charge in [0, 0.05) is 0 Å². The minimum atomic E-state index is -2.98. The largest absolute Gasteiger partial charge is 0.458 e. The van der Waals surface area contributed by atoms with Crippen molar-refractivity contribution < 1.29 is 18.3 Å². The first-order chi connectivity index (χ1) is 5.09. The van der Waals surface area contributed by atoms with Crippen LogP contribution in [-0.2, 0) is 9.53 Å². The lowest BCUT2D eigenvalue weighted by Gasteiger charge is -2.31. The van der Waals surface area contributed by atoms with Gasteiger partial charge in [0.05, 0.1) is 0 Å². The van der Waals surface area contributed by atoms with Gasteiger partial charge in [0.25, 0.3) is 0 Å². The Kier molecular flexibility index (Phi) is 2.42. The molecule has 0 bridgehead atoms. The van der Waals surface area contributed by atoms with Crippen molar-refractivity contribution in [2.24, 2.45) is 5.92 Å². The lowest BCUT2D eigenvalue weighted by molar-refractivity contribution is -0.168. The number of alkyl halides is 2. The lowest BCUT2D eigenvalue weighted by Crippen LogP contribution is -2.33. The molecule has 0 heterocycles. The minimum Gasteiger partial charge on any atom is -0.458 e. The average molecular weight is 164 g/mol. The van der Waals surface area contributed by atoms with Crippen LogP contribution in [0.3, 0.4) is 0 Å². The molecule has 4 heteroatoms. The third-order valence-corrected chi connectivity index (χ3v) is 1.79. The molecule has 0 atom stereocenters. The van der Waals surface area contributed by atoms with Gasteiger partial charge in [-0.05, 0) is 18.8 Å². The molecule has 11 heavy (non-hydrogen) atoms. The van der Waals surface area contributed by atoms with Crippen LogP contribution in [0.5, 0.6) is 0 Å². The summed E-state index contributed by atoms with van der Waals surface area (Å²) in [5, 5.41) is 0. The van der Waals surface area contributed by atoms with Crippen LogP contribution in [0, 0.1) is 5.92 Å². The maximum absolute atomic E-state index is 11.6. The van der Waals surface area contributed by atoms with Crippen LogP contribution < -0.4 is 0 Å². The van der Waals surface area contributed by atoms with Crippen LogP contribution in [0.25, 0.3) is 0 Å². The summed E-state index contributed by atoms with van der Waals surface area (Å²) in [5.41, 5.74) is 0. The second kappa shape index (κ2) is 3.15. The molecule has 0 saturated heterocycles. The van der Waals surface area contributed by atoms with Gasteiger partial charge in [0.1, 0.15) is 6.10 Å². The predicted molar refractivity (Wildman–Crippen MR) is 34.3 cm³/mol. The van der Waals surface area contributed by atoms with E-state index in [-0.39, 0.29) is 6.10 Å². The van der Waals surface area contributed by atoms with Crippen LogP contribution in [0.2, 0.25) is 0 Å². The minimum absolute atomic E-state index is 0.258. The molecule has 1 rings (SSSR count). The number of carbonyl (C=O) groups is 1. The second-order valence-electron chi connectivity index (χ2n) is 2.94. The van der Waals surface area contributed by atoms with Gasteiger partial charge < -0.3 is 4.74 Å². The third kappa shape index (κ3) is 2.13. The Morgan fingerprint density at radius 3 is 2.45 bits per heavy atom. The molecule has 0 aromatic rings. The third-order valence-electron chi connectivity index (χ3n) is 1.79. The summed E-state index contributed by atoms with van der Waals surface area (Å²) in [5.74, 6) is -0.882. The van der Waals surface area contributed by atoms with Crippen molar-refractivity contribution in [2.45, 2.75) is 32.3 Å². The fraction of sp³-hybridized carbons (Fsp3) is 0.857. The molecule has 2 nitrogen and oxygen atoms in total. The van der Waals surface area contributed by atoms with E-state index in [0.29, 0.717) is 5.92 Å². The Morgan fingerprint density at radius 1 is 1.55 bits per heavy atom. The van der Waals surface area contributed by atoms with Gasteiger partial charge in [-0.15, -0.1) is 0 Å². The van der Waals surface area contributed by atoms with E-state index in [4.69, 9.17) is 0 Å². The van der Waals surface area contributed by atoms with E-state index in [1.54, 1.807) is 0 Å². The molecular weight excluding hydrogens is 154 g/mol. The fourth-order valence-electron chi connectivity index (χ4n) is 1.14.